The van der Waals surface area contributed by atoms with Crippen LogP contribution in [0.5, 0.6) is 0 Å². The summed E-state index contributed by atoms with van der Waals surface area (Å²) in [4.78, 5) is 37.8. The molecule has 0 aromatic rings. The molecule has 0 N–H and O–H groups in total. The molecule has 0 radical (unpaired) electrons. The van der Waals surface area contributed by atoms with Gasteiger partial charge in [-0.25, -0.2) is 0 Å². The predicted octanol–water partition coefficient (Wildman–Crippen LogP) is 19.8. The highest BCUT2D eigenvalue weighted by Crippen LogP contribution is 2.17. The zero-order valence-corrected chi connectivity index (χ0v) is 45.6. The normalized spacial score (nSPS) is 12.6. The molecule has 0 fully saturated rings. The van der Waals surface area contributed by atoms with Gasteiger partial charge in [-0.2, -0.15) is 0 Å². The molecule has 398 valence electrons. The minimum absolute atomic E-state index is 0.0825. The molecule has 0 bridgehead atoms. The van der Waals surface area contributed by atoms with Crippen molar-refractivity contribution in [3.63, 3.8) is 0 Å². The summed E-state index contributed by atoms with van der Waals surface area (Å²) in [6.45, 7) is 6.45. The quantitative estimate of drug-likeness (QED) is 0.0262. The van der Waals surface area contributed by atoms with Gasteiger partial charge >= 0.3 is 17.9 Å². The van der Waals surface area contributed by atoms with Gasteiger partial charge in [-0.15, -0.1) is 0 Å². The lowest BCUT2D eigenvalue weighted by Crippen LogP contribution is -2.30. The van der Waals surface area contributed by atoms with Crippen LogP contribution in [0, 0.1) is 0 Å². The molecule has 6 heteroatoms. The fraction of sp³-hybridized carbons (Fsp3) is 0.762. The van der Waals surface area contributed by atoms with E-state index in [-0.39, 0.29) is 31.1 Å². The highest BCUT2D eigenvalue weighted by atomic mass is 16.6. The van der Waals surface area contributed by atoms with Crippen molar-refractivity contribution >= 4 is 17.9 Å². The molecule has 1 atom stereocenters. The predicted molar refractivity (Wildman–Crippen MR) is 298 cm³/mol. The number of rotatable bonds is 53. The van der Waals surface area contributed by atoms with Crippen molar-refractivity contribution in [1.29, 1.82) is 0 Å². The lowest BCUT2D eigenvalue weighted by Gasteiger charge is -2.18. The summed E-state index contributed by atoms with van der Waals surface area (Å²) in [5, 5.41) is 0. The van der Waals surface area contributed by atoms with E-state index < -0.39 is 6.10 Å². The van der Waals surface area contributed by atoms with Crippen LogP contribution in [0.15, 0.2) is 72.9 Å². The molecule has 0 aliphatic heterocycles. The molecule has 0 saturated carbocycles. The van der Waals surface area contributed by atoms with Crippen molar-refractivity contribution in [3.8, 4) is 0 Å². The van der Waals surface area contributed by atoms with Crippen LogP contribution >= 0.6 is 0 Å². The van der Waals surface area contributed by atoms with Crippen LogP contribution in [0.4, 0.5) is 0 Å². The molecule has 0 heterocycles. The average Bonchev–Trinajstić information content (AvgIpc) is 3.35. The molecule has 0 amide bonds. The van der Waals surface area contributed by atoms with Crippen LogP contribution in [0.1, 0.15) is 290 Å². The number of ether oxygens (including phenoxy) is 3. The third-order valence-electron chi connectivity index (χ3n) is 12.7. The molecule has 1 unspecified atom stereocenters. The summed E-state index contributed by atoms with van der Waals surface area (Å²) in [5.74, 6) is -0.912. The zero-order valence-electron chi connectivity index (χ0n) is 45.6. The van der Waals surface area contributed by atoms with Crippen molar-refractivity contribution in [3.05, 3.63) is 72.9 Å². The van der Waals surface area contributed by atoms with Crippen molar-refractivity contribution in [2.45, 2.75) is 297 Å². The summed E-state index contributed by atoms with van der Waals surface area (Å²) in [6, 6.07) is 0. The largest absolute Gasteiger partial charge is 0.462 e. The second kappa shape index (κ2) is 57.4. The third-order valence-corrected chi connectivity index (χ3v) is 12.7. The van der Waals surface area contributed by atoms with E-state index >= 15 is 0 Å². The first-order valence-corrected chi connectivity index (χ1v) is 29.4. The van der Waals surface area contributed by atoms with Crippen molar-refractivity contribution < 1.29 is 28.6 Å². The van der Waals surface area contributed by atoms with E-state index in [0.717, 1.165) is 116 Å². The van der Waals surface area contributed by atoms with Gasteiger partial charge in [-0.3, -0.25) is 14.4 Å². The van der Waals surface area contributed by atoms with Crippen molar-refractivity contribution in [1.82, 2.24) is 0 Å². The zero-order chi connectivity index (χ0) is 50.0. The Morgan fingerprint density at radius 2 is 0.565 bits per heavy atom. The number of hydrogen-bond donors (Lipinski definition) is 0. The monoisotopic (exact) mass is 963 g/mol. The molecular weight excluding hydrogens is 853 g/mol. The van der Waals surface area contributed by atoms with Crippen LogP contribution in [0.25, 0.3) is 0 Å². The Morgan fingerprint density at radius 3 is 0.884 bits per heavy atom. The van der Waals surface area contributed by atoms with Gasteiger partial charge in [0.05, 0.1) is 0 Å². The highest BCUT2D eigenvalue weighted by molar-refractivity contribution is 5.71. The van der Waals surface area contributed by atoms with E-state index in [2.05, 4.69) is 93.7 Å². The van der Waals surface area contributed by atoms with Gasteiger partial charge in [-0.05, 0) is 70.6 Å². The first-order valence-electron chi connectivity index (χ1n) is 29.4. The van der Waals surface area contributed by atoms with Gasteiger partial charge in [0.15, 0.2) is 6.10 Å². The lowest BCUT2D eigenvalue weighted by atomic mass is 10.0. The van der Waals surface area contributed by atoms with Gasteiger partial charge in [0.1, 0.15) is 13.2 Å². The Hall–Kier alpha value is -3.15. The third kappa shape index (κ3) is 55.6. The maximum atomic E-state index is 12.8. The van der Waals surface area contributed by atoms with Gasteiger partial charge < -0.3 is 14.2 Å². The number of hydrogen-bond acceptors (Lipinski definition) is 6. The fourth-order valence-corrected chi connectivity index (χ4v) is 8.33. The average molecular weight is 964 g/mol. The summed E-state index contributed by atoms with van der Waals surface area (Å²) >= 11 is 0. The molecule has 0 aromatic heterocycles. The topological polar surface area (TPSA) is 78.9 Å². The van der Waals surface area contributed by atoms with Crippen molar-refractivity contribution in [2.75, 3.05) is 13.2 Å². The first kappa shape index (κ1) is 65.8. The lowest BCUT2D eigenvalue weighted by molar-refractivity contribution is -0.167. The number of unbranched alkanes of at least 4 members (excludes halogenated alkanes) is 30. The number of allylic oxidation sites excluding steroid dienone is 12. The maximum absolute atomic E-state index is 12.8. The summed E-state index contributed by atoms with van der Waals surface area (Å²) in [7, 11) is 0. The van der Waals surface area contributed by atoms with Gasteiger partial charge in [-0.1, -0.05) is 273 Å². The number of esters is 3. The highest BCUT2D eigenvalue weighted by Gasteiger charge is 2.19. The van der Waals surface area contributed by atoms with E-state index in [9.17, 15) is 14.4 Å². The molecule has 0 rings (SSSR count). The first-order chi connectivity index (χ1) is 34.0. The van der Waals surface area contributed by atoms with E-state index in [1.807, 2.05) is 0 Å². The van der Waals surface area contributed by atoms with Crippen LogP contribution < -0.4 is 0 Å². The van der Waals surface area contributed by atoms with Gasteiger partial charge in [0.25, 0.3) is 0 Å². The molecule has 69 heavy (non-hydrogen) atoms. The van der Waals surface area contributed by atoms with Crippen LogP contribution in [0.2, 0.25) is 0 Å². The molecule has 0 aromatic carbocycles. The molecule has 0 aliphatic carbocycles. The minimum atomic E-state index is -0.781. The summed E-state index contributed by atoms with van der Waals surface area (Å²) in [6.07, 6.45) is 73.8. The fourth-order valence-electron chi connectivity index (χ4n) is 8.33. The molecule has 0 aliphatic rings. The SMILES string of the molecule is CC/C=C\C/C=C\C/C=C\C/C=C\C/C=C\C/C=C\CCCCCCC(=O)OCC(COC(=O)CCCCCCC)OC(=O)CCCCCCCCCCCCCCCCCCCCCCCCC. The Kier molecular flexibility index (Phi) is 54.8. The molecule has 0 saturated heterocycles. The van der Waals surface area contributed by atoms with E-state index in [0.29, 0.717) is 19.3 Å². The second-order valence-corrected chi connectivity index (χ2v) is 19.5. The molecule has 6 nitrogen and oxygen atoms in total. The standard InChI is InChI=1S/C63H110O6/c1-4-7-10-13-15-17-19-21-23-25-27-29-31-33-35-37-39-41-43-45-47-50-53-56-62(65)68-59-60(58-67-61(64)55-52-49-12-9-6-3)69-63(66)57-54-51-48-46-44-42-40-38-36-34-32-30-28-26-24-22-20-18-16-14-11-8-5-2/h7,10,15,17,21,23,27,29,33,35,39,41,60H,4-6,8-9,11-14,16,18-20,22,24-26,28,30-32,34,36-38,40,42-59H2,1-3H3/b10-7-,17-15-,23-21-,29-27-,35-33-,41-39-. The van der Waals surface area contributed by atoms with E-state index in [4.69, 9.17) is 14.2 Å². The second-order valence-electron chi connectivity index (χ2n) is 19.5. The Labute approximate surface area is 427 Å². The van der Waals surface area contributed by atoms with Crippen LogP contribution in [-0.2, 0) is 28.6 Å². The molecular formula is C63H110O6. The Balaban J connectivity index is 4.12. The number of carbonyl (C=O) groups is 3. The minimum Gasteiger partial charge on any atom is -0.462 e. The Morgan fingerprint density at radius 1 is 0.304 bits per heavy atom. The van der Waals surface area contributed by atoms with Crippen LogP contribution in [-0.4, -0.2) is 37.2 Å². The smallest absolute Gasteiger partial charge is 0.306 e. The summed E-state index contributed by atoms with van der Waals surface area (Å²) < 4.78 is 16.7. The maximum Gasteiger partial charge on any atom is 0.306 e. The summed E-state index contributed by atoms with van der Waals surface area (Å²) in [5.41, 5.74) is 0. The van der Waals surface area contributed by atoms with Crippen LogP contribution in [0.3, 0.4) is 0 Å². The number of carbonyl (C=O) groups excluding carboxylic acids is 3. The van der Waals surface area contributed by atoms with E-state index in [1.54, 1.807) is 0 Å². The van der Waals surface area contributed by atoms with Crippen molar-refractivity contribution in [2.24, 2.45) is 0 Å². The van der Waals surface area contributed by atoms with Gasteiger partial charge in [0, 0.05) is 19.3 Å². The Bertz CT molecular complexity index is 1290. The van der Waals surface area contributed by atoms with E-state index in [1.165, 1.54) is 135 Å². The molecule has 0 spiro atoms. The van der Waals surface area contributed by atoms with Gasteiger partial charge in [0.2, 0.25) is 0 Å².